The Morgan fingerprint density at radius 3 is 2.57 bits per heavy atom. The number of methoxy groups -OCH3 is 1. The van der Waals surface area contributed by atoms with Crippen LogP contribution in [0.25, 0.3) is 6.08 Å². The SMILES string of the molecule is COc1ccc(CCn2c(C)cc(C(=O)COC(=O)/C=C/c3ccco3)c2C)cc1. The van der Waals surface area contributed by atoms with Gasteiger partial charge in [-0.15, -0.1) is 0 Å². The van der Waals surface area contributed by atoms with Crippen LogP contribution in [0.5, 0.6) is 5.75 Å². The summed E-state index contributed by atoms with van der Waals surface area (Å²) in [6, 6.07) is 13.2. The van der Waals surface area contributed by atoms with Crippen molar-refractivity contribution in [2.24, 2.45) is 0 Å². The van der Waals surface area contributed by atoms with Gasteiger partial charge in [-0.05, 0) is 62.2 Å². The van der Waals surface area contributed by atoms with Crippen molar-refractivity contribution in [3.8, 4) is 5.75 Å². The molecule has 0 radical (unpaired) electrons. The molecule has 0 aliphatic heterocycles. The Balaban J connectivity index is 1.58. The second-order valence-electron chi connectivity index (χ2n) is 6.91. The molecule has 0 bridgehead atoms. The number of aryl methyl sites for hydroxylation is 2. The molecule has 0 unspecified atom stereocenters. The lowest BCUT2D eigenvalue weighted by atomic mass is 10.1. The topological polar surface area (TPSA) is 70.7 Å². The van der Waals surface area contributed by atoms with E-state index in [9.17, 15) is 9.59 Å². The van der Waals surface area contributed by atoms with Gasteiger partial charge in [-0.3, -0.25) is 4.79 Å². The highest BCUT2D eigenvalue weighted by atomic mass is 16.5. The standard InChI is InChI=1S/C24H25NO5/c1-17-15-22(23(26)16-30-24(27)11-10-21-5-4-14-29-21)18(2)25(17)13-12-19-6-8-20(28-3)9-7-19/h4-11,14-15H,12-13,16H2,1-3H3/b11-10+. The number of rotatable bonds is 9. The van der Waals surface area contributed by atoms with E-state index in [1.807, 2.05) is 44.2 Å². The number of nitrogens with zero attached hydrogens (tertiary/aromatic N) is 1. The molecule has 0 N–H and O–H groups in total. The highest BCUT2D eigenvalue weighted by molar-refractivity contribution is 6.00. The van der Waals surface area contributed by atoms with E-state index in [0.717, 1.165) is 30.1 Å². The highest BCUT2D eigenvalue weighted by Crippen LogP contribution is 2.18. The van der Waals surface area contributed by atoms with E-state index in [1.54, 1.807) is 19.2 Å². The van der Waals surface area contributed by atoms with Crippen LogP contribution in [-0.2, 0) is 22.5 Å². The zero-order valence-electron chi connectivity index (χ0n) is 17.4. The predicted molar refractivity (Wildman–Crippen MR) is 114 cm³/mol. The fourth-order valence-electron chi connectivity index (χ4n) is 3.26. The van der Waals surface area contributed by atoms with Crippen molar-refractivity contribution in [3.63, 3.8) is 0 Å². The molecule has 0 saturated carbocycles. The third-order valence-corrected chi connectivity index (χ3v) is 4.93. The van der Waals surface area contributed by atoms with Crippen LogP contribution in [-0.4, -0.2) is 30.0 Å². The minimum absolute atomic E-state index is 0.224. The third-order valence-electron chi connectivity index (χ3n) is 4.93. The molecule has 3 aromatic rings. The summed E-state index contributed by atoms with van der Waals surface area (Å²) in [6.07, 6.45) is 5.08. The first-order valence-electron chi connectivity index (χ1n) is 9.69. The summed E-state index contributed by atoms with van der Waals surface area (Å²) >= 11 is 0. The van der Waals surface area contributed by atoms with Gasteiger partial charge in [0.05, 0.1) is 13.4 Å². The fourth-order valence-corrected chi connectivity index (χ4v) is 3.26. The monoisotopic (exact) mass is 407 g/mol. The Labute approximate surface area is 175 Å². The summed E-state index contributed by atoms with van der Waals surface area (Å²) in [5.41, 5.74) is 3.63. The Hall–Kier alpha value is -3.54. The van der Waals surface area contributed by atoms with E-state index < -0.39 is 5.97 Å². The zero-order valence-corrected chi connectivity index (χ0v) is 17.4. The number of esters is 1. The molecule has 0 fully saturated rings. The van der Waals surface area contributed by atoms with Gasteiger partial charge in [0.15, 0.2) is 6.61 Å². The van der Waals surface area contributed by atoms with Gasteiger partial charge in [-0.1, -0.05) is 12.1 Å². The second kappa shape index (κ2) is 9.78. The van der Waals surface area contributed by atoms with Crippen LogP contribution in [0.3, 0.4) is 0 Å². The van der Waals surface area contributed by atoms with Gasteiger partial charge < -0.3 is 18.5 Å². The summed E-state index contributed by atoms with van der Waals surface area (Å²) in [5.74, 6) is 0.554. The van der Waals surface area contributed by atoms with Gasteiger partial charge >= 0.3 is 5.97 Å². The average Bonchev–Trinajstić information content (AvgIpc) is 3.37. The van der Waals surface area contributed by atoms with Crippen molar-refractivity contribution >= 4 is 17.8 Å². The Kier molecular flexibility index (Phi) is 6.91. The number of benzene rings is 1. The maximum Gasteiger partial charge on any atom is 0.331 e. The number of ketones is 1. The van der Waals surface area contributed by atoms with Gasteiger partial charge in [0.2, 0.25) is 5.78 Å². The van der Waals surface area contributed by atoms with Gasteiger partial charge in [0, 0.05) is 29.6 Å². The van der Waals surface area contributed by atoms with Crippen LogP contribution in [0, 0.1) is 13.8 Å². The highest BCUT2D eigenvalue weighted by Gasteiger charge is 2.17. The first-order valence-corrected chi connectivity index (χ1v) is 9.69. The second-order valence-corrected chi connectivity index (χ2v) is 6.91. The molecule has 0 aliphatic carbocycles. The first-order chi connectivity index (χ1) is 14.5. The molecule has 2 aromatic heterocycles. The van der Waals surface area contributed by atoms with Crippen LogP contribution in [0.1, 0.15) is 33.1 Å². The lowest BCUT2D eigenvalue weighted by Crippen LogP contribution is -2.14. The summed E-state index contributed by atoms with van der Waals surface area (Å²) < 4.78 is 17.5. The summed E-state index contributed by atoms with van der Waals surface area (Å²) in [6.45, 7) is 4.33. The molecule has 1 aromatic carbocycles. The number of furan rings is 1. The average molecular weight is 407 g/mol. The van der Waals surface area contributed by atoms with Crippen molar-refractivity contribution in [2.75, 3.05) is 13.7 Å². The normalized spacial score (nSPS) is 11.0. The lowest BCUT2D eigenvalue weighted by molar-refractivity contribution is -0.136. The summed E-state index contributed by atoms with van der Waals surface area (Å²) in [5, 5.41) is 0. The molecule has 0 atom stereocenters. The smallest absolute Gasteiger partial charge is 0.331 e. The van der Waals surface area contributed by atoms with Gasteiger partial charge in [-0.25, -0.2) is 4.79 Å². The largest absolute Gasteiger partial charge is 0.497 e. The molecule has 0 saturated heterocycles. The van der Waals surface area contributed by atoms with Crippen LogP contribution < -0.4 is 4.74 Å². The van der Waals surface area contributed by atoms with Gasteiger partial charge in [-0.2, -0.15) is 0 Å². The first kappa shape index (κ1) is 21.2. The molecule has 2 heterocycles. The van der Waals surface area contributed by atoms with E-state index in [-0.39, 0.29) is 12.4 Å². The van der Waals surface area contributed by atoms with E-state index in [2.05, 4.69) is 4.57 Å². The molecule has 30 heavy (non-hydrogen) atoms. The van der Waals surface area contributed by atoms with Gasteiger partial charge in [0.1, 0.15) is 11.5 Å². The molecule has 0 amide bonds. The van der Waals surface area contributed by atoms with E-state index in [1.165, 1.54) is 24.0 Å². The van der Waals surface area contributed by atoms with Crippen molar-refractivity contribution in [3.05, 3.63) is 83.1 Å². The molecule has 0 spiro atoms. The Morgan fingerprint density at radius 2 is 1.90 bits per heavy atom. The van der Waals surface area contributed by atoms with Crippen LogP contribution in [0.15, 0.2) is 59.2 Å². The molecule has 156 valence electrons. The van der Waals surface area contributed by atoms with E-state index in [0.29, 0.717) is 11.3 Å². The number of aromatic nitrogens is 1. The van der Waals surface area contributed by atoms with E-state index >= 15 is 0 Å². The molecule has 0 aliphatic rings. The van der Waals surface area contributed by atoms with Crippen molar-refractivity contribution in [1.82, 2.24) is 4.57 Å². The minimum Gasteiger partial charge on any atom is -0.497 e. The van der Waals surface area contributed by atoms with Crippen LogP contribution >= 0.6 is 0 Å². The van der Waals surface area contributed by atoms with Crippen LogP contribution in [0.2, 0.25) is 0 Å². The zero-order chi connectivity index (χ0) is 21.5. The number of hydrogen-bond acceptors (Lipinski definition) is 5. The van der Waals surface area contributed by atoms with Crippen LogP contribution in [0.4, 0.5) is 0 Å². The van der Waals surface area contributed by atoms with Crippen molar-refractivity contribution in [1.29, 1.82) is 0 Å². The van der Waals surface area contributed by atoms with Crippen molar-refractivity contribution in [2.45, 2.75) is 26.8 Å². The Morgan fingerprint density at radius 1 is 1.13 bits per heavy atom. The third kappa shape index (κ3) is 5.29. The Bertz CT molecular complexity index is 1030. The predicted octanol–water partition coefficient (Wildman–Crippen LogP) is 4.39. The number of carbonyl (C=O) groups is 2. The van der Waals surface area contributed by atoms with Crippen molar-refractivity contribution < 1.29 is 23.5 Å². The van der Waals surface area contributed by atoms with Gasteiger partial charge in [0.25, 0.3) is 0 Å². The summed E-state index contributed by atoms with van der Waals surface area (Å²) in [4.78, 5) is 24.4. The molecule has 3 rings (SSSR count). The fraction of sp³-hybridized carbons (Fsp3) is 0.250. The number of hydrogen-bond donors (Lipinski definition) is 0. The molecule has 6 heteroatoms. The molecule has 6 nitrogen and oxygen atoms in total. The maximum absolute atomic E-state index is 12.6. The van der Waals surface area contributed by atoms with E-state index in [4.69, 9.17) is 13.9 Å². The minimum atomic E-state index is -0.590. The summed E-state index contributed by atoms with van der Waals surface area (Å²) in [7, 11) is 1.65. The number of carbonyl (C=O) groups excluding carboxylic acids is 2. The quantitative estimate of drug-likeness (QED) is 0.299. The molecular weight excluding hydrogens is 382 g/mol. The number of Topliss-reactive ketones (excluding diaryl/α,β-unsaturated/α-hetero) is 1. The molecular formula is C24H25NO5. The lowest BCUT2D eigenvalue weighted by Gasteiger charge is -2.10. The number of ether oxygens (including phenoxy) is 2. The maximum atomic E-state index is 12.6.